The first-order valence-electron chi connectivity index (χ1n) is 6.58. The van der Waals surface area contributed by atoms with Crippen molar-refractivity contribution in [3.63, 3.8) is 0 Å². The summed E-state index contributed by atoms with van der Waals surface area (Å²) in [5.74, 6) is -0.362. The van der Waals surface area contributed by atoms with Crippen LogP contribution in [0, 0.1) is 0 Å². The van der Waals surface area contributed by atoms with Crippen molar-refractivity contribution in [2.45, 2.75) is 6.42 Å². The smallest absolute Gasteiger partial charge is 0.342 e. The van der Waals surface area contributed by atoms with Crippen LogP contribution in [0.4, 0.5) is 5.82 Å². The van der Waals surface area contributed by atoms with Gasteiger partial charge in [-0.15, -0.1) is 5.10 Å². The lowest BCUT2D eigenvalue weighted by molar-refractivity contribution is -0.120. The summed E-state index contributed by atoms with van der Waals surface area (Å²) in [5, 5.41) is 21.2. The Morgan fingerprint density at radius 3 is 2.96 bits per heavy atom. The molecule has 1 heterocycles. The van der Waals surface area contributed by atoms with Crippen LogP contribution in [0.2, 0.25) is 0 Å². The summed E-state index contributed by atoms with van der Waals surface area (Å²) >= 11 is 0. The third kappa shape index (κ3) is 5.12. The van der Waals surface area contributed by atoms with E-state index in [1.807, 2.05) is 4.98 Å². The van der Waals surface area contributed by atoms with E-state index in [9.17, 15) is 19.5 Å². The van der Waals surface area contributed by atoms with Crippen molar-refractivity contribution in [2.75, 3.05) is 11.9 Å². The van der Waals surface area contributed by atoms with Gasteiger partial charge in [0.15, 0.2) is 0 Å². The van der Waals surface area contributed by atoms with Crippen LogP contribution in [0.15, 0.2) is 39.0 Å². The number of phenols is 1. The monoisotopic (exact) mass is 318 g/mol. The second kappa shape index (κ2) is 7.54. The highest BCUT2D eigenvalue weighted by atomic mass is 16.3. The third-order valence-electron chi connectivity index (χ3n) is 2.63. The third-order valence-corrected chi connectivity index (χ3v) is 2.63. The fraction of sp³-hybridized carbons (Fsp3) is 0.154. The molecule has 23 heavy (non-hydrogen) atoms. The first kappa shape index (κ1) is 15.9. The Balaban J connectivity index is 1.77. The molecule has 0 atom stereocenters. The van der Waals surface area contributed by atoms with Gasteiger partial charge in [-0.1, -0.05) is 12.1 Å². The number of amides is 1. The number of carbonyl (C=O) groups excluding carboxylic acids is 1. The first-order chi connectivity index (χ1) is 11.0. The molecule has 0 aliphatic carbocycles. The highest BCUT2D eigenvalue weighted by Gasteiger charge is 2.03. The van der Waals surface area contributed by atoms with Crippen molar-refractivity contribution >= 4 is 17.9 Å². The van der Waals surface area contributed by atoms with Gasteiger partial charge in [0.1, 0.15) is 5.75 Å². The Labute approximate surface area is 129 Å². The predicted octanol–water partition coefficient (Wildman–Crippen LogP) is -0.884. The summed E-state index contributed by atoms with van der Waals surface area (Å²) in [5.41, 5.74) is 1.56. The summed E-state index contributed by atoms with van der Waals surface area (Å²) in [6.07, 6.45) is 1.43. The average molecular weight is 318 g/mol. The number of nitrogens with zero attached hydrogens (tertiary/aromatic N) is 2. The van der Waals surface area contributed by atoms with Crippen LogP contribution in [-0.2, 0) is 4.79 Å². The molecule has 5 N–H and O–H groups in total. The lowest BCUT2D eigenvalue weighted by Gasteiger charge is -2.02. The van der Waals surface area contributed by atoms with Crippen molar-refractivity contribution in [3.8, 4) is 5.75 Å². The Hall–Kier alpha value is -3.43. The minimum absolute atomic E-state index is 0.0393. The molecule has 0 aliphatic heterocycles. The minimum Gasteiger partial charge on any atom is -0.508 e. The molecule has 0 fully saturated rings. The number of H-pyrrole nitrogens is 2. The number of hydrogen-bond acceptors (Lipinski definition) is 7. The van der Waals surface area contributed by atoms with E-state index < -0.39 is 11.2 Å². The Kier molecular flexibility index (Phi) is 5.23. The van der Waals surface area contributed by atoms with Gasteiger partial charge in [-0.2, -0.15) is 5.10 Å². The van der Waals surface area contributed by atoms with E-state index >= 15 is 0 Å². The van der Waals surface area contributed by atoms with Crippen LogP contribution < -0.4 is 22.0 Å². The average Bonchev–Trinajstić information content (AvgIpc) is 2.49. The maximum Gasteiger partial charge on any atom is 0.342 e. The number of aromatic amines is 2. The van der Waals surface area contributed by atoms with Crippen LogP contribution in [0.1, 0.15) is 12.0 Å². The molecule has 10 heteroatoms. The molecule has 0 spiro atoms. The molecule has 0 bridgehead atoms. The van der Waals surface area contributed by atoms with Crippen LogP contribution in [0.5, 0.6) is 5.75 Å². The molecule has 0 saturated heterocycles. The van der Waals surface area contributed by atoms with Crippen molar-refractivity contribution < 1.29 is 9.90 Å². The van der Waals surface area contributed by atoms with Gasteiger partial charge in [0.2, 0.25) is 11.7 Å². The summed E-state index contributed by atoms with van der Waals surface area (Å²) in [6.45, 7) is 0.135. The number of hydrogen-bond donors (Lipinski definition) is 5. The van der Waals surface area contributed by atoms with Gasteiger partial charge in [-0.25, -0.2) is 15.3 Å². The van der Waals surface area contributed by atoms with Gasteiger partial charge < -0.3 is 10.4 Å². The highest BCUT2D eigenvalue weighted by Crippen LogP contribution is 2.08. The molecule has 0 unspecified atom stereocenters. The summed E-state index contributed by atoms with van der Waals surface area (Å²) < 4.78 is 0. The van der Waals surface area contributed by atoms with E-state index in [0.29, 0.717) is 5.56 Å². The molecule has 1 aromatic heterocycles. The number of phenolic OH excluding ortho intramolecular Hbond substituents is 1. The van der Waals surface area contributed by atoms with Crippen LogP contribution >= 0.6 is 0 Å². The zero-order chi connectivity index (χ0) is 16.7. The maximum atomic E-state index is 11.6. The van der Waals surface area contributed by atoms with Crippen LogP contribution in [0.3, 0.4) is 0 Å². The largest absolute Gasteiger partial charge is 0.508 e. The predicted molar refractivity (Wildman–Crippen MR) is 82.4 cm³/mol. The van der Waals surface area contributed by atoms with E-state index in [4.69, 9.17) is 0 Å². The van der Waals surface area contributed by atoms with Gasteiger partial charge in [-0.05, 0) is 17.7 Å². The second-order valence-corrected chi connectivity index (χ2v) is 4.42. The van der Waals surface area contributed by atoms with Crippen molar-refractivity contribution in [1.82, 2.24) is 20.6 Å². The normalized spacial score (nSPS) is 10.6. The summed E-state index contributed by atoms with van der Waals surface area (Å²) in [7, 11) is 0. The highest BCUT2D eigenvalue weighted by molar-refractivity contribution is 5.82. The number of rotatable bonds is 6. The van der Waals surface area contributed by atoms with E-state index in [2.05, 4.69) is 26.0 Å². The first-order valence-corrected chi connectivity index (χ1v) is 6.58. The van der Waals surface area contributed by atoms with Gasteiger partial charge in [0.05, 0.1) is 6.21 Å². The number of nitrogens with one attached hydrogen (secondary N) is 4. The number of aromatic hydroxyl groups is 1. The van der Waals surface area contributed by atoms with Crippen molar-refractivity contribution in [1.29, 1.82) is 0 Å². The molecule has 120 valence electrons. The van der Waals surface area contributed by atoms with Gasteiger partial charge in [0.25, 0.3) is 5.56 Å². The van der Waals surface area contributed by atoms with Crippen molar-refractivity contribution in [2.24, 2.45) is 5.10 Å². The second-order valence-electron chi connectivity index (χ2n) is 4.42. The van der Waals surface area contributed by atoms with Gasteiger partial charge >= 0.3 is 5.69 Å². The quantitative estimate of drug-likeness (QED) is 0.344. The fourth-order valence-electron chi connectivity index (χ4n) is 1.60. The van der Waals surface area contributed by atoms with Crippen molar-refractivity contribution in [3.05, 3.63) is 50.7 Å². The molecule has 0 aliphatic rings. The zero-order valence-electron chi connectivity index (χ0n) is 11.9. The maximum absolute atomic E-state index is 11.6. The van der Waals surface area contributed by atoms with Crippen LogP contribution in [-0.4, -0.2) is 39.0 Å². The Bertz CT molecular complexity index is 825. The summed E-state index contributed by atoms with van der Waals surface area (Å²) in [4.78, 5) is 35.7. The van der Waals surface area contributed by atoms with Crippen LogP contribution in [0.25, 0.3) is 0 Å². The fourth-order valence-corrected chi connectivity index (χ4v) is 1.60. The minimum atomic E-state index is -0.709. The Morgan fingerprint density at radius 2 is 2.22 bits per heavy atom. The molecule has 2 aromatic rings. The zero-order valence-corrected chi connectivity index (χ0v) is 11.9. The van der Waals surface area contributed by atoms with Gasteiger partial charge in [-0.3, -0.25) is 14.6 Å². The number of benzene rings is 1. The van der Waals surface area contributed by atoms with E-state index in [1.165, 1.54) is 18.3 Å². The topological polar surface area (TPSA) is 152 Å². The molecule has 0 radical (unpaired) electrons. The Morgan fingerprint density at radius 1 is 1.39 bits per heavy atom. The number of hydrazone groups is 1. The molecule has 2 rings (SSSR count). The molecular weight excluding hydrogens is 304 g/mol. The lowest BCUT2D eigenvalue weighted by atomic mass is 10.2. The molecule has 1 amide bonds. The molecule has 0 saturated carbocycles. The number of aromatic nitrogens is 3. The lowest BCUT2D eigenvalue weighted by Crippen LogP contribution is -2.28. The standard InChI is InChI=1S/C13H14N6O4/c20-9-3-1-2-8(6-9)7-15-17-10(21)4-5-14-11-12(22)16-13(23)19-18-11/h1-3,6-7,20H,4-5H2,(H,14,18)(H,17,21)(H2,16,19,22,23)/b15-7+. The van der Waals surface area contributed by atoms with E-state index in [-0.39, 0.29) is 30.4 Å². The molecule has 1 aromatic carbocycles. The van der Waals surface area contributed by atoms with E-state index in [1.54, 1.807) is 12.1 Å². The molecule has 10 nitrogen and oxygen atoms in total. The SMILES string of the molecule is O=C(CCNc1n[nH]c(=O)[nH]c1=O)N/N=C/c1cccc(O)c1. The number of anilines is 1. The number of carbonyl (C=O) groups is 1. The molecular formula is C13H14N6O4. The van der Waals surface area contributed by atoms with E-state index in [0.717, 1.165) is 0 Å². The van der Waals surface area contributed by atoms with Gasteiger partial charge in [0, 0.05) is 13.0 Å². The summed E-state index contributed by atoms with van der Waals surface area (Å²) in [6, 6.07) is 6.38.